The minimum atomic E-state index is -0.889. The van der Waals surface area contributed by atoms with E-state index in [0.717, 1.165) is 0 Å². The summed E-state index contributed by atoms with van der Waals surface area (Å²) in [6.45, 7) is 0.810. The van der Waals surface area contributed by atoms with Crippen LogP contribution in [-0.2, 0) is 33.2 Å². The monoisotopic (exact) mass is 878 g/mol. The molecule has 0 atom stereocenters. The van der Waals surface area contributed by atoms with E-state index in [2.05, 4.69) is 75.8 Å². The minimum Gasteiger partial charge on any atom is -0.486 e. The van der Waals surface area contributed by atoms with Crippen LogP contribution < -0.4 is 0 Å². The molecule has 0 aliphatic carbocycles. The Kier molecular flexibility index (Phi) is 30.8. The molecule has 0 fully saturated rings. The Bertz CT molecular complexity index is 786. The van der Waals surface area contributed by atoms with E-state index in [0.29, 0.717) is 103 Å². The molecule has 47 heavy (non-hydrogen) atoms. The normalized spacial score (nSPS) is 11.4. The number of thiol groups is 6. The van der Waals surface area contributed by atoms with Gasteiger partial charge in [0.2, 0.25) is 0 Å². The van der Waals surface area contributed by atoms with Gasteiger partial charge in [-0.1, -0.05) is 0 Å². The number of hydrogen-bond acceptors (Lipinski definition) is 19. The van der Waals surface area contributed by atoms with Crippen LogP contribution in [0.15, 0.2) is 0 Å². The molecule has 0 aliphatic rings. The summed E-state index contributed by atoms with van der Waals surface area (Å²) in [6.07, 6.45) is 2.96. The summed E-state index contributed by atoms with van der Waals surface area (Å²) in [5, 5.41) is 2.40. The van der Waals surface area contributed by atoms with Crippen molar-refractivity contribution < 1.29 is 33.2 Å². The van der Waals surface area contributed by atoms with E-state index in [-0.39, 0.29) is 52.9 Å². The fourth-order valence-electron chi connectivity index (χ4n) is 3.37. The van der Waals surface area contributed by atoms with Crippen molar-refractivity contribution in [2.75, 3.05) is 87.4 Å². The van der Waals surface area contributed by atoms with Gasteiger partial charge in [-0.15, -0.1) is 0 Å². The molecule has 0 aromatic rings. The zero-order valence-electron chi connectivity index (χ0n) is 26.1. The van der Waals surface area contributed by atoms with Crippen LogP contribution in [-0.4, -0.2) is 118 Å². The highest BCUT2D eigenvalue weighted by atomic mass is 32.1. The van der Waals surface area contributed by atoms with Crippen molar-refractivity contribution in [3.63, 3.8) is 0 Å². The highest BCUT2D eigenvalue weighted by Crippen LogP contribution is 2.27. The van der Waals surface area contributed by atoms with Crippen molar-refractivity contribution in [1.29, 1.82) is 0 Å². The second kappa shape index (κ2) is 29.9. The first kappa shape index (κ1) is 48.4. The summed E-state index contributed by atoms with van der Waals surface area (Å²) >= 11 is 58.2. The van der Waals surface area contributed by atoms with Crippen molar-refractivity contribution in [3.05, 3.63) is 0 Å². The van der Waals surface area contributed by atoms with Gasteiger partial charge in [0.1, 0.15) is 39.6 Å². The van der Waals surface area contributed by atoms with Crippen LogP contribution >= 0.6 is 149 Å². The fraction of sp³-hybridized carbons (Fsp3) is 0.786. The van der Waals surface area contributed by atoms with Crippen LogP contribution in [0.2, 0.25) is 0 Å². The van der Waals surface area contributed by atoms with Crippen molar-refractivity contribution in [1.82, 2.24) is 0 Å². The van der Waals surface area contributed by atoms with Gasteiger partial charge in [0.25, 0.3) is 0 Å². The second-order valence-electron chi connectivity index (χ2n) is 10.3. The maximum Gasteiger partial charge on any atom is 0.160 e. The summed E-state index contributed by atoms with van der Waals surface area (Å²) in [5.74, 6) is 3.22. The van der Waals surface area contributed by atoms with Crippen LogP contribution in [0.3, 0.4) is 0 Å². The van der Waals surface area contributed by atoms with E-state index in [4.69, 9.17) is 106 Å². The molecule has 0 saturated heterocycles. The first-order valence-electron chi connectivity index (χ1n) is 14.6. The van der Waals surface area contributed by atoms with E-state index in [1.807, 2.05) is 0 Å². The van der Waals surface area contributed by atoms with Crippen molar-refractivity contribution >= 4 is 179 Å². The largest absolute Gasteiger partial charge is 0.486 e. The summed E-state index contributed by atoms with van der Waals surface area (Å²) in [7, 11) is 0. The predicted molar refractivity (Wildman–Crippen MR) is 238 cm³/mol. The summed E-state index contributed by atoms with van der Waals surface area (Å²) < 4.78 is 42.6. The lowest BCUT2D eigenvalue weighted by atomic mass is 9.90. The second-order valence-corrected chi connectivity index (χ2v) is 15.7. The van der Waals surface area contributed by atoms with Gasteiger partial charge < -0.3 is 33.2 Å². The maximum atomic E-state index is 6.49. The Labute approximate surface area is 345 Å². The van der Waals surface area contributed by atoms with Gasteiger partial charge in [0.15, 0.2) is 30.3 Å². The smallest absolute Gasteiger partial charge is 0.160 e. The molecular weight excluding hydrogens is 833 g/mol. The van der Waals surface area contributed by atoms with E-state index < -0.39 is 10.8 Å². The molecule has 0 radical (unpaired) electrons. The van der Waals surface area contributed by atoms with Gasteiger partial charge >= 0.3 is 0 Å². The van der Waals surface area contributed by atoms with Gasteiger partial charge in [-0.25, -0.2) is 0 Å². The van der Waals surface area contributed by atoms with Gasteiger partial charge in [0.05, 0.1) is 24.0 Å². The zero-order valence-corrected chi connectivity index (χ0v) is 36.4. The summed E-state index contributed by atoms with van der Waals surface area (Å²) in [5.41, 5.74) is -1.78. The van der Waals surface area contributed by atoms with E-state index in [1.165, 1.54) is 0 Å². The first-order valence-corrected chi connectivity index (χ1v) is 20.9. The fourth-order valence-corrected chi connectivity index (χ4v) is 6.46. The minimum absolute atomic E-state index is 0.0917. The summed E-state index contributed by atoms with van der Waals surface area (Å²) in [6, 6.07) is 0. The third-order valence-electron chi connectivity index (χ3n) is 5.95. The Morgan fingerprint density at radius 1 is 0.319 bits per heavy atom. The molecule has 272 valence electrons. The molecule has 0 aromatic heterocycles. The van der Waals surface area contributed by atoms with Gasteiger partial charge in [-0.2, -0.15) is 75.8 Å². The lowest BCUT2D eigenvalue weighted by Crippen LogP contribution is -2.47. The molecule has 0 heterocycles. The lowest BCUT2D eigenvalue weighted by Gasteiger charge is -2.36. The molecule has 0 bridgehead atoms. The Balaban J connectivity index is 6.45. The zero-order chi connectivity index (χ0) is 35.6. The third kappa shape index (κ3) is 24.3. The number of hydrogen-bond donors (Lipinski definition) is 6. The lowest BCUT2D eigenvalue weighted by molar-refractivity contribution is -0.0933. The Hall–Kier alpha value is 1.40. The quantitative estimate of drug-likeness (QED) is 0.0364. The molecular formula is C28H46O7S12. The molecule has 0 unspecified atom stereocenters. The standard InChI is InChI=1S/C28H46O7S12/c36-7-1-21(42)30-15-27(16-31-22(43)2-8-37,17-32-23(44)3-9-38)13-29-14-28(18-33-24(45)4-10-39,19-34-25(46)5-11-40)20-35-26(47)6-12-41/h36-41H,1-20H2. The van der Waals surface area contributed by atoms with Crippen molar-refractivity contribution in [2.24, 2.45) is 10.8 Å². The average Bonchev–Trinajstić information content (AvgIpc) is 3.03. The Morgan fingerprint density at radius 3 is 0.638 bits per heavy atom. The average molecular weight is 879 g/mol. The van der Waals surface area contributed by atoms with Crippen LogP contribution in [0.25, 0.3) is 0 Å². The molecule has 7 nitrogen and oxygen atoms in total. The molecule has 0 rings (SSSR count). The van der Waals surface area contributed by atoms with Gasteiger partial charge in [-0.05, 0) is 108 Å². The molecule has 0 aromatic carbocycles. The molecule has 0 amide bonds. The van der Waals surface area contributed by atoms with E-state index in [1.54, 1.807) is 0 Å². The predicted octanol–water partition coefficient (Wildman–Crippen LogP) is 6.96. The maximum absolute atomic E-state index is 6.49. The molecule has 0 spiro atoms. The molecule has 0 aliphatic heterocycles. The highest BCUT2D eigenvalue weighted by molar-refractivity contribution is 7.83. The van der Waals surface area contributed by atoms with Crippen molar-refractivity contribution in [2.45, 2.75) is 38.5 Å². The number of thiocarbonyl (C=S) groups is 6. The van der Waals surface area contributed by atoms with Crippen LogP contribution in [0, 0.1) is 10.8 Å². The number of rotatable bonds is 28. The highest BCUT2D eigenvalue weighted by Gasteiger charge is 2.40. The topological polar surface area (TPSA) is 64.6 Å². The summed E-state index contributed by atoms with van der Waals surface area (Å²) in [4.78, 5) is 0. The molecule has 0 saturated carbocycles. The third-order valence-corrected chi connectivity index (χ3v) is 9.22. The van der Waals surface area contributed by atoms with Crippen LogP contribution in [0.5, 0.6) is 0 Å². The van der Waals surface area contributed by atoms with Crippen LogP contribution in [0.1, 0.15) is 38.5 Å². The van der Waals surface area contributed by atoms with Gasteiger partial charge in [0, 0.05) is 38.5 Å². The van der Waals surface area contributed by atoms with Crippen molar-refractivity contribution in [3.8, 4) is 0 Å². The van der Waals surface area contributed by atoms with Gasteiger partial charge in [-0.3, -0.25) is 0 Å². The van der Waals surface area contributed by atoms with E-state index >= 15 is 0 Å². The van der Waals surface area contributed by atoms with Crippen LogP contribution in [0.4, 0.5) is 0 Å². The Morgan fingerprint density at radius 2 is 0.489 bits per heavy atom. The SMILES string of the molecule is S=C(CCS)OCC(COCC(COC(=S)CCS)(COC(=S)CCS)COC(=S)CCS)(COC(=S)CCS)COC(=S)CCS. The van der Waals surface area contributed by atoms with E-state index in [9.17, 15) is 0 Å². The molecule has 19 heteroatoms. The first-order chi connectivity index (χ1) is 22.4. The molecule has 0 N–H and O–H groups in total. The number of ether oxygens (including phenoxy) is 7.